The highest BCUT2D eigenvalue weighted by Gasteiger charge is 2.66. The maximum absolute atomic E-state index is 13.2. The molecule has 0 bridgehead atoms. The standard InChI is InChI=1S/C23H24N2O6S2/c1-31-23(24-18(27)11-14-7-9-16(26)10-8-14)21(30)25-19(20(28)29)15(13-33-22(23)25)12-32-17-5-3-2-4-6-17/h2-7,22H,8-13H2,1H3,(H,24,27)(H,28,29)/t22-,23?/m0/s1. The van der Waals surface area contributed by atoms with Crippen LogP contribution in [0, 0.1) is 0 Å². The number of nitrogens with zero attached hydrogens (tertiary/aromatic N) is 1. The molecule has 0 radical (unpaired) electrons. The first-order valence-corrected chi connectivity index (χ1v) is 12.5. The number of aliphatic carboxylic acids is 1. The fourth-order valence-corrected chi connectivity index (χ4v) is 6.62. The minimum atomic E-state index is -1.61. The lowest BCUT2D eigenvalue weighted by molar-refractivity contribution is -0.192. The summed E-state index contributed by atoms with van der Waals surface area (Å²) in [6, 6.07) is 9.63. The Hall–Kier alpha value is -2.56. The van der Waals surface area contributed by atoms with Crippen LogP contribution < -0.4 is 5.32 Å². The van der Waals surface area contributed by atoms with Crippen molar-refractivity contribution in [1.82, 2.24) is 10.2 Å². The minimum Gasteiger partial charge on any atom is -0.477 e. The molecule has 0 aromatic heterocycles. The first kappa shape index (κ1) is 23.6. The van der Waals surface area contributed by atoms with Crippen molar-refractivity contribution in [2.75, 3.05) is 18.6 Å². The molecular weight excluding hydrogens is 464 g/mol. The van der Waals surface area contributed by atoms with Gasteiger partial charge in [0.1, 0.15) is 16.9 Å². The average molecular weight is 489 g/mol. The van der Waals surface area contributed by atoms with E-state index in [0.29, 0.717) is 36.3 Å². The summed E-state index contributed by atoms with van der Waals surface area (Å²) >= 11 is 2.88. The molecule has 8 nitrogen and oxygen atoms in total. The van der Waals surface area contributed by atoms with E-state index in [1.54, 1.807) is 6.08 Å². The van der Waals surface area contributed by atoms with Crippen molar-refractivity contribution in [2.45, 2.75) is 41.7 Å². The molecule has 2 N–H and O–H groups in total. The van der Waals surface area contributed by atoms with Crippen molar-refractivity contribution in [3.05, 3.63) is 53.3 Å². The lowest BCUT2D eigenvalue weighted by Gasteiger charge is -2.55. The fraction of sp³-hybridized carbons (Fsp3) is 0.391. The number of rotatable bonds is 8. The third-order valence-electron chi connectivity index (χ3n) is 5.85. The number of carbonyl (C=O) groups excluding carboxylic acids is 3. The molecule has 2 atom stereocenters. The summed E-state index contributed by atoms with van der Waals surface area (Å²) < 4.78 is 5.49. The van der Waals surface area contributed by atoms with Gasteiger partial charge in [0, 0.05) is 42.8 Å². The van der Waals surface area contributed by atoms with Crippen LogP contribution in [-0.2, 0) is 23.9 Å². The van der Waals surface area contributed by atoms with Crippen molar-refractivity contribution in [3.8, 4) is 0 Å². The van der Waals surface area contributed by atoms with E-state index in [9.17, 15) is 24.3 Å². The average Bonchev–Trinajstić information content (AvgIpc) is 2.82. The number of carbonyl (C=O) groups is 4. The summed E-state index contributed by atoms with van der Waals surface area (Å²) in [5.74, 6) is -1.17. The van der Waals surface area contributed by atoms with E-state index >= 15 is 0 Å². The number of β-lactam (4-membered cyclic amide) rings is 1. The van der Waals surface area contributed by atoms with Crippen LogP contribution in [0.3, 0.4) is 0 Å². The molecule has 174 valence electrons. The van der Waals surface area contributed by atoms with E-state index in [1.807, 2.05) is 30.3 Å². The monoisotopic (exact) mass is 488 g/mol. The molecule has 1 aliphatic carbocycles. The van der Waals surface area contributed by atoms with Gasteiger partial charge in [-0.3, -0.25) is 19.3 Å². The number of ketones is 1. The van der Waals surface area contributed by atoms with Crippen LogP contribution in [0.1, 0.15) is 25.7 Å². The third kappa shape index (κ3) is 4.60. The number of amides is 2. The largest absolute Gasteiger partial charge is 0.477 e. The van der Waals surface area contributed by atoms with Crippen LogP contribution in [0.5, 0.6) is 0 Å². The maximum atomic E-state index is 13.2. The van der Waals surface area contributed by atoms with Gasteiger partial charge in [-0.2, -0.15) is 0 Å². The number of benzene rings is 1. The number of nitrogens with one attached hydrogen (secondary N) is 1. The second-order valence-corrected chi connectivity index (χ2v) is 10.1. The zero-order valence-corrected chi connectivity index (χ0v) is 19.7. The Morgan fingerprint density at radius 3 is 2.67 bits per heavy atom. The molecular formula is C23H24N2O6S2. The second-order valence-electron chi connectivity index (χ2n) is 7.97. The predicted octanol–water partition coefficient (Wildman–Crippen LogP) is 2.56. The number of methoxy groups -OCH3 is 1. The van der Waals surface area contributed by atoms with Crippen LogP contribution in [0.15, 0.2) is 58.1 Å². The van der Waals surface area contributed by atoms with Gasteiger partial charge in [0.05, 0.1) is 0 Å². The molecule has 1 unspecified atom stereocenters. The Morgan fingerprint density at radius 1 is 1.27 bits per heavy atom. The summed E-state index contributed by atoms with van der Waals surface area (Å²) in [7, 11) is 1.33. The SMILES string of the molecule is COC1(NC(=O)CC2=CCC(=O)CC2)C(=O)N2C(C(=O)O)=C(CSc3ccccc3)CS[C@H]21. The summed E-state index contributed by atoms with van der Waals surface area (Å²) in [4.78, 5) is 51.6. The molecule has 1 fully saturated rings. The molecule has 10 heteroatoms. The van der Waals surface area contributed by atoms with E-state index in [2.05, 4.69) is 5.32 Å². The summed E-state index contributed by atoms with van der Waals surface area (Å²) in [6.45, 7) is 0. The number of hydrogen-bond donors (Lipinski definition) is 2. The Kier molecular flexibility index (Phi) is 6.96. The van der Waals surface area contributed by atoms with Crippen molar-refractivity contribution < 1.29 is 29.0 Å². The lowest BCUT2D eigenvalue weighted by atomic mass is 9.94. The van der Waals surface area contributed by atoms with Crippen LogP contribution >= 0.6 is 23.5 Å². The van der Waals surface area contributed by atoms with Crippen LogP contribution in [0.25, 0.3) is 0 Å². The first-order valence-electron chi connectivity index (χ1n) is 10.5. The molecule has 0 spiro atoms. The summed E-state index contributed by atoms with van der Waals surface area (Å²) in [6.07, 6.45) is 3.09. The second kappa shape index (κ2) is 9.74. The van der Waals surface area contributed by atoms with Gasteiger partial charge < -0.3 is 15.2 Å². The van der Waals surface area contributed by atoms with Gasteiger partial charge in [0.25, 0.3) is 11.6 Å². The van der Waals surface area contributed by atoms with E-state index in [0.717, 1.165) is 10.5 Å². The smallest absolute Gasteiger partial charge is 0.352 e. The Bertz CT molecular complexity index is 1050. The third-order valence-corrected chi connectivity index (χ3v) is 8.32. The van der Waals surface area contributed by atoms with E-state index in [4.69, 9.17) is 4.74 Å². The molecule has 3 aliphatic rings. The van der Waals surface area contributed by atoms with E-state index in [-0.39, 0.29) is 17.9 Å². The molecule has 4 rings (SSSR count). The van der Waals surface area contributed by atoms with E-state index < -0.39 is 28.9 Å². The number of allylic oxidation sites excluding steroid dienone is 1. The van der Waals surface area contributed by atoms with Crippen LogP contribution in [0.2, 0.25) is 0 Å². The highest BCUT2D eigenvalue weighted by molar-refractivity contribution is 8.01. The van der Waals surface area contributed by atoms with Gasteiger partial charge in [-0.05, 0) is 24.1 Å². The lowest BCUT2D eigenvalue weighted by Crippen LogP contribution is -2.80. The van der Waals surface area contributed by atoms with Crippen molar-refractivity contribution >= 4 is 47.1 Å². The Morgan fingerprint density at radius 2 is 2.03 bits per heavy atom. The molecule has 1 aromatic rings. The van der Waals surface area contributed by atoms with Gasteiger partial charge in [-0.1, -0.05) is 29.8 Å². The van der Waals surface area contributed by atoms with Crippen molar-refractivity contribution in [2.24, 2.45) is 0 Å². The van der Waals surface area contributed by atoms with Crippen molar-refractivity contribution in [3.63, 3.8) is 0 Å². The maximum Gasteiger partial charge on any atom is 0.352 e. The number of carboxylic acids is 1. The molecule has 2 amide bonds. The van der Waals surface area contributed by atoms with Gasteiger partial charge in [0.15, 0.2) is 0 Å². The minimum absolute atomic E-state index is 0.0393. The van der Waals surface area contributed by atoms with Gasteiger partial charge in [-0.15, -0.1) is 23.5 Å². The summed E-state index contributed by atoms with van der Waals surface area (Å²) in [5, 5.41) is 11.9. The zero-order valence-electron chi connectivity index (χ0n) is 18.0. The summed E-state index contributed by atoms with van der Waals surface area (Å²) in [5.41, 5.74) is -0.141. The number of ether oxygens (including phenoxy) is 1. The quantitative estimate of drug-likeness (QED) is 0.248. The Labute approximate surface area is 199 Å². The molecule has 33 heavy (non-hydrogen) atoms. The molecule has 2 heterocycles. The number of carboxylic acid groups (broad SMARTS) is 1. The molecule has 0 saturated carbocycles. The molecule has 1 aromatic carbocycles. The van der Waals surface area contributed by atoms with Crippen molar-refractivity contribution in [1.29, 1.82) is 0 Å². The normalized spacial score (nSPS) is 24.7. The predicted molar refractivity (Wildman–Crippen MR) is 124 cm³/mol. The topological polar surface area (TPSA) is 113 Å². The number of thioether (sulfide) groups is 2. The fourth-order valence-electron chi connectivity index (χ4n) is 4.12. The molecule has 1 saturated heterocycles. The van der Waals surface area contributed by atoms with Crippen LogP contribution in [0.4, 0.5) is 0 Å². The van der Waals surface area contributed by atoms with E-state index in [1.165, 1.54) is 35.5 Å². The van der Waals surface area contributed by atoms with Crippen LogP contribution in [-0.4, -0.2) is 63.3 Å². The van der Waals surface area contributed by atoms with Gasteiger partial charge >= 0.3 is 5.97 Å². The highest BCUT2D eigenvalue weighted by atomic mass is 32.2. The Balaban J connectivity index is 1.49. The number of Topliss-reactive ketones (excluding diaryl/α,β-unsaturated/α-hetero) is 1. The number of fused-ring (bicyclic) bond motifs is 1. The first-order chi connectivity index (χ1) is 15.9. The zero-order chi connectivity index (χ0) is 23.6. The highest BCUT2D eigenvalue weighted by Crippen LogP contribution is 2.47. The molecule has 2 aliphatic heterocycles. The van der Waals surface area contributed by atoms with Gasteiger partial charge in [0.2, 0.25) is 5.91 Å². The van der Waals surface area contributed by atoms with Gasteiger partial charge in [-0.25, -0.2) is 4.79 Å². The number of hydrogen-bond acceptors (Lipinski definition) is 7.